The third-order valence-electron chi connectivity index (χ3n) is 11.2. The lowest BCUT2D eigenvalue weighted by Gasteiger charge is -2.69. The molecule has 0 amide bonds. The van der Waals surface area contributed by atoms with E-state index in [0.717, 1.165) is 45.4 Å². The van der Waals surface area contributed by atoms with Crippen molar-refractivity contribution < 1.29 is 24.4 Å². The summed E-state index contributed by atoms with van der Waals surface area (Å²) in [7, 11) is 5.48. The number of aliphatic hydroxyl groups is 2. The number of likely N-dealkylation sites (tertiary alicyclic amines) is 1. The van der Waals surface area contributed by atoms with Gasteiger partial charge in [-0.3, -0.25) is 4.90 Å². The molecule has 6 fully saturated rings. The van der Waals surface area contributed by atoms with Crippen molar-refractivity contribution in [3.05, 3.63) is 0 Å². The molecule has 6 nitrogen and oxygen atoms in total. The Morgan fingerprint density at radius 3 is 2.57 bits per heavy atom. The summed E-state index contributed by atoms with van der Waals surface area (Å²) in [6, 6.07) is 0.329. The van der Waals surface area contributed by atoms with Crippen molar-refractivity contribution in [3.63, 3.8) is 0 Å². The number of aliphatic hydroxyl groups excluding tert-OH is 1. The molecule has 6 aliphatic rings. The van der Waals surface area contributed by atoms with E-state index in [4.69, 9.17) is 14.2 Å². The van der Waals surface area contributed by atoms with Crippen molar-refractivity contribution in [3.8, 4) is 0 Å². The second kappa shape index (κ2) is 6.42. The highest BCUT2D eigenvalue weighted by molar-refractivity contribution is 5.33. The second-order valence-corrected chi connectivity index (χ2v) is 11.5. The highest BCUT2D eigenvalue weighted by atomic mass is 16.5. The van der Waals surface area contributed by atoms with Crippen LogP contribution in [0, 0.1) is 40.4 Å². The first-order valence-corrected chi connectivity index (χ1v) is 12.1. The molecule has 30 heavy (non-hydrogen) atoms. The van der Waals surface area contributed by atoms with Gasteiger partial charge in [0, 0.05) is 68.9 Å². The zero-order valence-electron chi connectivity index (χ0n) is 18.9. The molecule has 1 aliphatic heterocycles. The highest BCUT2D eigenvalue weighted by Gasteiger charge is 2.83. The topological polar surface area (TPSA) is 71.4 Å². The van der Waals surface area contributed by atoms with Crippen molar-refractivity contribution in [1.82, 2.24) is 4.90 Å². The van der Waals surface area contributed by atoms with E-state index >= 15 is 0 Å². The minimum atomic E-state index is -0.847. The van der Waals surface area contributed by atoms with Crippen molar-refractivity contribution in [2.45, 2.75) is 69.0 Å². The lowest BCUT2D eigenvalue weighted by molar-refractivity contribution is -0.276. The van der Waals surface area contributed by atoms with Gasteiger partial charge in [-0.1, -0.05) is 6.92 Å². The molecule has 6 rings (SSSR count). The van der Waals surface area contributed by atoms with Crippen molar-refractivity contribution in [1.29, 1.82) is 0 Å². The number of ether oxygens (including phenoxy) is 3. The minimum Gasteiger partial charge on any atom is -0.392 e. The number of methoxy groups -OCH3 is 3. The minimum absolute atomic E-state index is 0.000283. The molecule has 0 aromatic rings. The summed E-state index contributed by atoms with van der Waals surface area (Å²) < 4.78 is 18.0. The van der Waals surface area contributed by atoms with E-state index < -0.39 is 11.7 Å². The smallest absolute Gasteiger partial charge is 0.0771 e. The number of hydrogen-bond acceptors (Lipinski definition) is 6. The Balaban J connectivity index is 1.58. The van der Waals surface area contributed by atoms with Crippen LogP contribution in [0.5, 0.6) is 0 Å². The normalized spacial score (nSPS) is 60.8. The van der Waals surface area contributed by atoms with Crippen LogP contribution in [-0.4, -0.2) is 86.1 Å². The van der Waals surface area contributed by atoms with Crippen LogP contribution in [0.4, 0.5) is 0 Å². The summed E-state index contributed by atoms with van der Waals surface area (Å²) in [6.07, 6.45) is 4.52. The van der Waals surface area contributed by atoms with Crippen molar-refractivity contribution in [2.75, 3.05) is 41.0 Å². The van der Waals surface area contributed by atoms with Crippen LogP contribution < -0.4 is 0 Å². The fraction of sp³-hybridized carbons (Fsp3) is 1.00. The maximum absolute atomic E-state index is 12.4. The van der Waals surface area contributed by atoms with E-state index in [1.54, 1.807) is 7.11 Å². The molecule has 6 heteroatoms. The van der Waals surface area contributed by atoms with Crippen LogP contribution in [0.3, 0.4) is 0 Å². The largest absolute Gasteiger partial charge is 0.392 e. The van der Waals surface area contributed by atoms with Crippen LogP contribution >= 0.6 is 0 Å². The van der Waals surface area contributed by atoms with E-state index in [1.165, 1.54) is 0 Å². The van der Waals surface area contributed by atoms with Gasteiger partial charge in [0.05, 0.1) is 30.5 Å². The highest BCUT2D eigenvalue weighted by Crippen LogP contribution is 2.79. The zero-order valence-corrected chi connectivity index (χ0v) is 18.9. The fourth-order valence-corrected chi connectivity index (χ4v) is 10.7. The van der Waals surface area contributed by atoms with Gasteiger partial charge in [-0.05, 0) is 44.1 Å². The zero-order chi connectivity index (χ0) is 21.1. The second-order valence-electron chi connectivity index (χ2n) is 11.5. The molecule has 170 valence electrons. The monoisotopic (exact) mass is 421 g/mol. The van der Waals surface area contributed by atoms with Crippen LogP contribution in [0.1, 0.15) is 39.0 Å². The van der Waals surface area contributed by atoms with E-state index in [1.807, 2.05) is 14.2 Å². The lowest BCUT2D eigenvalue weighted by Crippen LogP contribution is -2.76. The van der Waals surface area contributed by atoms with Gasteiger partial charge in [0.25, 0.3) is 0 Å². The predicted octanol–water partition coefficient (Wildman–Crippen LogP) is 1.53. The first kappa shape index (κ1) is 20.4. The Hall–Kier alpha value is -0.240. The van der Waals surface area contributed by atoms with Crippen molar-refractivity contribution in [2.24, 2.45) is 40.4 Å². The van der Waals surface area contributed by atoms with Gasteiger partial charge in [-0.15, -0.1) is 0 Å². The molecule has 0 aromatic heterocycles. The molecule has 1 spiro atoms. The van der Waals surface area contributed by atoms with Gasteiger partial charge in [0.1, 0.15) is 0 Å². The Morgan fingerprint density at radius 1 is 1.10 bits per heavy atom. The number of hydrogen-bond donors (Lipinski definition) is 2. The summed E-state index contributed by atoms with van der Waals surface area (Å²) in [5.74, 6) is 1.03. The van der Waals surface area contributed by atoms with Gasteiger partial charge < -0.3 is 24.4 Å². The maximum atomic E-state index is 12.4. The maximum Gasteiger partial charge on any atom is 0.0771 e. The lowest BCUT2D eigenvalue weighted by atomic mass is 9.43. The summed E-state index contributed by atoms with van der Waals surface area (Å²) in [4.78, 5) is 2.67. The van der Waals surface area contributed by atoms with Crippen molar-refractivity contribution >= 4 is 0 Å². The number of piperidine rings is 1. The first-order valence-electron chi connectivity index (χ1n) is 12.1. The summed E-state index contributed by atoms with van der Waals surface area (Å²) in [5, 5.41) is 23.8. The fourth-order valence-electron chi connectivity index (χ4n) is 10.7. The third-order valence-corrected chi connectivity index (χ3v) is 11.2. The molecule has 12 atom stereocenters. The standard InChI is InChI=1S/C24H39NO5/c1-5-25-11-22(12-28-2)7-6-18(30-4)24-14-8-13-16(29-3)10-23(27,19(14)20(13)26)15(21(24)25)9-17(22)24/h13-21,26-27H,5-12H2,1-4H3/t13-,14-,15+,16+,17-,18+,19-,20+,21?,22-,23+,24-/m0/s1. The van der Waals surface area contributed by atoms with E-state index in [0.29, 0.717) is 18.4 Å². The molecule has 2 N–H and O–H groups in total. The molecule has 5 saturated carbocycles. The molecule has 0 aromatic carbocycles. The van der Waals surface area contributed by atoms with Crippen LogP contribution in [0.2, 0.25) is 0 Å². The molecule has 7 bridgehead atoms. The summed E-state index contributed by atoms with van der Waals surface area (Å²) in [5.41, 5.74) is -0.719. The average molecular weight is 422 g/mol. The molecule has 5 aliphatic carbocycles. The average Bonchev–Trinajstić information content (AvgIpc) is 3.15. The Labute approximate surface area is 180 Å². The van der Waals surface area contributed by atoms with Gasteiger partial charge in [0.15, 0.2) is 0 Å². The molecular weight excluding hydrogens is 382 g/mol. The Kier molecular flexibility index (Phi) is 4.36. The summed E-state index contributed by atoms with van der Waals surface area (Å²) in [6.45, 7) is 5.11. The molecule has 1 unspecified atom stereocenters. The quantitative estimate of drug-likeness (QED) is 0.702. The van der Waals surface area contributed by atoms with Crippen LogP contribution in [0.15, 0.2) is 0 Å². The number of rotatable bonds is 5. The molecular formula is C24H39NO5. The van der Waals surface area contributed by atoms with Gasteiger partial charge in [-0.25, -0.2) is 0 Å². The van der Waals surface area contributed by atoms with Gasteiger partial charge in [0.2, 0.25) is 0 Å². The molecule has 1 heterocycles. The number of nitrogens with zero attached hydrogens (tertiary/aromatic N) is 1. The summed E-state index contributed by atoms with van der Waals surface area (Å²) >= 11 is 0. The van der Waals surface area contributed by atoms with E-state index in [9.17, 15) is 10.2 Å². The Bertz CT molecular complexity index is 720. The van der Waals surface area contributed by atoms with Gasteiger partial charge >= 0.3 is 0 Å². The number of fused-ring (bicyclic) bond motifs is 2. The Morgan fingerprint density at radius 2 is 1.90 bits per heavy atom. The molecule has 0 radical (unpaired) electrons. The first-order chi connectivity index (χ1) is 14.4. The molecule has 1 saturated heterocycles. The van der Waals surface area contributed by atoms with E-state index in [-0.39, 0.29) is 46.7 Å². The van der Waals surface area contributed by atoms with Crippen LogP contribution in [-0.2, 0) is 14.2 Å². The van der Waals surface area contributed by atoms with Crippen LogP contribution in [0.25, 0.3) is 0 Å². The SMILES string of the molecule is CCN1C[C@]2(COC)CC[C@@H](OC)[C@@]34C1[C@@H](C[C@@H]23)[C@]1(O)C[C@@H](OC)[C@@H]2C[C@H]4[C@H]1[C@@H]2O. The van der Waals surface area contributed by atoms with Gasteiger partial charge in [-0.2, -0.15) is 0 Å². The predicted molar refractivity (Wildman–Crippen MR) is 111 cm³/mol. The third kappa shape index (κ3) is 2.00. The van der Waals surface area contributed by atoms with E-state index in [2.05, 4.69) is 11.8 Å².